The molecule has 0 fully saturated rings. The molecule has 0 radical (unpaired) electrons. The number of nitrogens with two attached hydrogens (primary N) is 1. The summed E-state index contributed by atoms with van der Waals surface area (Å²) in [5.41, 5.74) is 5.44. The van der Waals surface area contributed by atoms with Crippen LogP contribution in [0, 0.1) is 0 Å². The minimum atomic E-state index is -0.945. The Morgan fingerprint density at radius 2 is 2.10 bits per heavy atom. The van der Waals surface area contributed by atoms with Gasteiger partial charge in [0.25, 0.3) is 0 Å². The first-order valence-corrected chi connectivity index (χ1v) is 6.22. The maximum Gasteiger partial charge on any atom is 0.209 e. The summed E-state index contributed by atoms with van der Waals surface area (Å²) < 4.78 is 1.57. The highest BCUT2D eigenvalue weighted by molar-refractivity contribution is 5.53. The second-order valence-corrected chi connectivity index (χ2v) is 4.62. The van der Waals surface area contributed by atoms with E-state index in [0.717, 1.165) is 0 Å². The van der Waals surface area contributed by atoms with E-state index >= 15 is 0 Å². The third kappa shape index (κ3) is 2.94. The fraction of sp³-hybridized carbons (Fsp3) is 0.308. The van der Waals surface area contributed by atoms with Crippen LogP contribution in [0.3, 0.4) is 0 Å². The Balaban J connectivity index is 2.14. The van der Waals surface area contributed by atoms with Crippen molar-refractivity contribution in [2.45, 2.75) is 18.4 Å². The van der Waals surface area contributed by atoms with E-state index in [0.29, 0.717) is 30.9 Å². The highest BCUT2D eigenvalue weighted by atomic mass is 16.3. The summed E-state index contributed by atoms with van der Waals surface area (Å²) >= 11 is 0. The molecule has 2 aromatic heterocycles. The van der Waals surface area contributed by atoms with E-state index in [2.05, 4.69) is 33.7 Å². The van der Waals surface area contributed by atoms with Gasteiger partial charge in [0.05, 0.1) is 5.60 Å². The van der Waals surface area contributed by atoms with Crippen molar-refractivity contribution in [1.82, 2.24) is 19.6 Å². The van der Waals surface area contributed by atoms with Gasteiger partial charge < -0.3 is 16.2 Å². The fourth-order valence-corrected chi connectivity index (χ4v) is 1.96. The van der Waals surface area contributed by atoms with Gasteiger partial charge in [0.2, 0.25) is 5.95 Å². The van der Waals surface area contributed by atoms with Crippen LogP contribution in [0.4, 0.5) is 11.8 Å². The van der Waals surface area contributed by atoms with Crippen LogP contribution in [-0.4, -0.2) is 36.8 Å². The van der Waals surface area contributed by atoms with E-state index in [1.54, 1.807) is 22.6 Å². The Kier molecular flexibility index (Phi) is 3.99. The Labute approximate surface area is 116 Å². The molecule has 106 valence electrons. The van der Waals surface area contributed by atoms with Crippen LogP contribution in [0.5, 0.6) is 0 Å². The van der Waals surface area contributed by atoms with Gasteiger partial charge in [0, 0.05) is 12.6 Å². The first kappa shape index (κ1) is 14.0. The van der Waals surface area contributed by atoms with Crippen molar-refractivity contribution in [2.75, 3.05) is 17.6 Å². The molecule has 0 aliphatic heterocycles. The fourth-order valence-electron chi connectivity index (χ4n) is 1.96. The predicted octanol–water partition coefficient (Wildman–Crippen LogP) is 1.00. The van der Waals surface area contributed by atoms with E-state index < -0.39 is 5.60 Å². The monoisotopic (exact) mass is 274 g/mol. The molecule has 0 aliphatic carbocycles. The van der Waals surface area contributed by atoms with Crippen LogP contribution in [0.15, 0.2) is 37.7 Å². The van der Waals surface area contributed by atoms with Crippen molar-refractivity contribution in [3.63, 3.8) is 0 Å². The average molecular weight is 274 g/mol. The Hall–Kier alpha value is -2.41. The summed E-state index contributed by atoms with van der Waals surface area (Å²) in [4.78, 5) is 4.18. The summed E-state index contributed by atoms with van der Waals surface area (Å²) in [6, 6.07) is 1.71. The van der Waals surface area contributed by atoms with E-state index in [9.17, 15) is 5.11 Å². The predicted molar refractivity (Wildman–Crippen MR) is 78.3 cm³/mol. The third-order valence-electron chi connectivity index (χ3n) is 2.97. The minimum absolute atomic E-state index is 0.283. The average Bonchev–Trinajstić information content (AvgIpc) is 2.86. The van der Waals surface area contributed by atoms with Gasteiger partial charge in [-0.3, -0.25) is 4.40 Å². The van der Waals surface area contributed by atoms with Gasteiger partial charge in [-0.2, -0.15) is 4.98 Å². The third-order valence-corrected chi connectivity index (χ3v) is 2.97. The number of aliphatic hydroxyl groups is 1. The second-order valence-electron chi connectivity index (χ2n) is 4.62. The van der Waals surface area contributed by atoms with Crippen molar-refractivity contribution in [2.24, 2.45) is 0 Å². The van der Waals surface area contributed by atoms with Crippen molar-refractivity contribution < 1.29 is 5.11 Å². The van der Waals surface area contributed by atoms with Crippen LogP contribution >= 0.6 is 0 Å². The molecule has 0 amide bonds. The molecule has 4 N–H and O–H groups in total. The first-order chi connectivity index (χ1) is 9.58. The van der Waals surface area contributed by atoms with Gasteiger partial charge in [-0.15, -0.1) is 23.4 Å². The number of hydrogen-bond acceptors (Lipinski definition) is 6. The molecule has 20 heavy (non-hydrogen) atoms. The number of nitrogen functional groups attached to an aromatic ring is 1. The first-order valence-electron chi connectivity index (χ1n) is 6.22. The normalized spacial score (nSPS) is 11.4. The van der Waals surface area contributed by atoms with Crippen LogP contribution in [-0.2, 0) is 0 Å². The van der Waals surface area contributed by atoms with E-state index in [1.807, 2.05) is 0 Å². The number of nitrogens with zero attached hydrogens (tertiary/aromatic N) is 4. The summed E-state index contributed by atoms with van der Waals surface area (Å²) in [6.07, 6.45) is 5.75. The van der Waals surface area contributed by atoms with Gasteiger partial charge in [-0.05, 0) is 12.8 Å². The molecule has 0 atom stereocenters. The summed E-state index contributed by atoms with van der Waals surface area (Å²) in [6.45, 7) is 7.61. The lowest BCUT2D eigenvalue weighted by molar-refractivity contribution is 0.0599. The van der Waals surface area contributed by atoms with Crippen molar-refractivity contribution in [3.8, 4) is 0 Å². The molecule has 7 nitrogen and oxygen atoms in total. The molecular formula is C13H18N6O. The van der Waals surface area contributed by atoms with Crippen LogP contribution < -0.4 is 11.1 Å². The van der Waals surface area contributed by atoms with E-state index in [4.69, 9.17) is 5.73 Å². The lowest BCUT2D eigenvalue weighted by Gasteiger charge is -2.26. The zero-order chi connectivity index (χ0) is 14.6. The molecule has 0 saturated heterocycles. The summed E-state index contributed by atoms with van der Waals surface area (Å²) in [5.74, 6) is 0.820. The van der Waals surface area contributed by atoms with Crippen LogP contribution in [0.25, 0.3) is 5.65 Å². The van der Waals surface area contributed by atoms with Crippen molar-refractivity contribution in [3.05, 3.63) is 37.7 Å². The Morgan fingerprint density at radius 3 is 2.75 bits per heavy atom. The largest absolute Gasteiger partial charge is 0.387 e. The highest BCUT2D eigenvalue weighted by Gasteiger charge is 2.23. The molecule has 2 heterocycles. The van der Waals surface area contributed by atoms with Gasteiger partial charge in [-0.25, -0.2) is 0 Å². The van der Waals surface area contributed by atoms with Gasteiger partial charge >= 0.3 is 0 Å². The smallest absolute Gasteiger partial charge is 0.209 e. The molecule has 0 unspecified atom stereocenters. The topological polar surface area (TPSA) is 101 Å². The standard InChI is InChI=1S/C13H18N6O/c1-3-5-13(20,6-4-2)8-15-10-7-11-18-16-9-19(11)12(14)17-10/h3-4,7,9,15,20H,1-2,5-6,8H2,(H2,14,17). The summed E-state index contributed by atoms with van der Waals surface area (Å²) in [5, 5.41) is 21.2. The lowest BCUT2D eigenvalue weighted by atomic mass is 9.95. The molecule has 2 aromatic rings. The Morgan fingerprint density at radius 1 is 1.40 bits per heavy atom. The van der Waals surface area contributed by atoms with Crippen molar-refractivity contribution in [1.29, 1.82) is 0 Å². The number of fused-ring (bicyclic) bond motifs is 1. The quantitative estimate of drug-likeness (QED) is 0.651. The zero-order valence-corrected chi connectivity index (χ0v) is 11.2. The van der Waals surface area contributed by atoms with Crippen LogP contribution in [0.1, 0.15) is 12.8 Å². The molecule has 0 aromatic carbocycles. The molecular weight excluding hydrogens is 256 g/mol. The SMILES string of the molecule is C=CCC(O)(CC=C)CNc1cc2nncn2c(N)n1. The highest BCUT2D eigenvalue weighted by Crippen LogP contribution is 2.18. The molecule has 0 saturated carbocycles. The van der Waals surface area contributed by atoms with Gasteiger partial charge in [0.15, 0.2) is 5.65 Å². The Bertz CT molecular complexity index is 610. The van der Waals surface area contributed by atoms with Crippen LogP contribution in [0.2, 0.25) is 0 Å². The molecule has 0 aliphatic rings. The number of anilines is 2. The number of aromatic nitrogens is 4. The number of nitrogens with one attached hydrogen (secondary N) is 1. The molecule has 0 spiro atoms. The van der Waals surface area contributed by atoms with Gasteiger partial charge in [-0.1, -0.05) is 12.2 Å². The molecule has 2 rings (SSSR count). The second kappa shape index (κ2) is 5.70. The van der Waals surface area contributed by atoms with E-state index in [-0.39, 0.29) is 5.95 Å². The number of rotatable bonds is 7. The molecule has 0 bridgehead atoms. The molecule has 7 heteroatoms. The maximum atomic E-state index is 10.4. The van der Waals surface area contributed by atoms with E-state index in [1.165, 1.54) is 6.33 Å². The minimum Gasteiger partial charge on any atom is -0.387 e. The van der Waals surface area contributed by atoms with Gasteiger partial charge in [0.1, 0.15) is 12.1 Å². The lowest BCUT2D eigenvalue weighted by Crippen LogP contribution is -2.36. The zero-order valence-electron chi connectivity index (χ0n) is 11.2. The number of hydrogen-bond donors (Lipinski definition) is 3. The van der Waals surface area contributed by atoms with Crippen molar-refractivity contribution >= 4 is 17.4 Å². The maximum absolute atomic E-state index is 10.4. The summed E-state index contributed by atoms with van der Waals surface area (Å²) in [7, 11) is 0.